The third-order valence-electron chi connectivity index (χ3n) is 3.60. The summed E-state index contributed by atoms with van der Waals surface area (Å²) in [5, 5.41) is 0. The second-order valence-electron chi connectivity index (χ2n) is 5.28. The van der Waals surface area contributed by atoms with E-state index in [1.165, 1.54) is 23.3 Å². The van der Waals surface area contributed by atoms with Crippen LogP contribution in [0.1, 0.15) is 37.8 Å². The fourth-order valence-electron chi connectivity index (χ4n) is 2.39. The van der Waals surface area contributed by atoms with E-state index in [-0.39, 0.29) is 5.82 Å². The van der Waals surface area contributed by atoms with Crippen molar-refractivity contribution in [3.63, 3.8) is 0 Å². The Hall–Kier alpha value is -1.83. The number of hydrogen-bond acceptors (Lipinski definition) is 1. The monoisotopic (exact) mass is 272 g/mol. The van der Waals surface area contributed by atoms with Gasteiger partial charge in [-0.2, -0.15) is 0 Å². The third kappa shape index (κ3) is 2.84. The quantitative estimate of drug-likeness (QED) is 0.744. The molecule has 0 aliphatic heterocycles. The number of methoxy groups -OCH3 is 1. The predicted molar refractivity (Wildman–Crippen MR) is 81.9 cm³/mol. The molecular weight excluding hydrogens is 251 g/mol. The molecule has 0 saturated carbocycles. The fourth-order valence-corrected chi connectivity index (χ4v) is 2.39. The van der Waals surface area contributed by atoms with Gasteiger partial charge in [0.05, 0.1) is 7.11 Å². The molecule has 1 nitrogen and oxygen atoms in total. The Morgan fingerprint density at radius 2 is 1.75 bits per heavy atom. The number of rotatable bonds is 4. The number of benzene rings is 2. The number of aryl methyl sites for hydroxylation is 1. The van der Waals surface area contributed by atoms with Crippen LogP contribution in [0.15, 0.2) is 36.4 Å². The van der Waals surface area contributed by atoms with Gasteiger partial charge in [0.15, 0.2) is 0 Å². The molecule has 2 aromatic carbocycles. The van der Waals surface area contributed by atoms with E-state index in [0.29, 0.717) is 5.92 Å². The van der Waals surface area contributed by atoms with Gasteiger partial charge in [0.25, 0.3) is 0 Å². The van der Waals surface area contributed by atoms with Crippen LogP contribution in [0.3, 0.4) is 0 Å². The van der Waals surface area contributed by atoms with E-state index in [0.717, 1.165) is 23.3 Å². The number of halogens is 1. The molecule has 0 aliphatic rings. The molecule has 20 heavy (non-hydrogen) atoms. The molecular formula is C18H21FO. The van der Waals surface area contributed by atoms with E-state index in [9.17, 15) is 4.39 Å². The van der Waals surface area contributed by atoms with E-state index >= 15 is 0 Å². The molecule has 0 radical (unpaired) electrons. The van der Waals surface area contributed by atoms with Gasteiger partial charge in [0, 0.05) is 5.56 Å². The van der Waals surface area contributed by atoms with Gasteiger partial charge in [0.2, 0.25) is 0 Å². The van der Waals surface area contributed by atoms with Crippen LogP contribution in [0.2, 0.25) is 0 Å². The average molecular weight is 272 g/mol. The molecule has 2 rings (SSSR count). The first-order valence-corrected chi connectivity index (χ1v) is 7.03. The molecule has 0 aromatic heterocycles. The van der Waals surface area contributed by atoms with Crippen LogP contribution in [0.25, 0.3) is 11.1 Å². The van der Waals surface area contributed by atoms with Gasteiger partial charge in [-0.15, -0.1) is 0 Å². The second-order valence-corrected chi connectivity index (χ2v) is 5.28. The molecule has 0 spiro atoms. The number of ether oxygens (including phenoxy) is 1. The molecule has 0 fully saturated rings. The first-order chi connectivity index (χ1) is 9.56. The smallest absolute Gasteiger partial charge is 0.129 e. The Kier molecular flexibility index (Phi) is 4.43. The van der Waals surface area contributed by atoms with Crippen molar-refractivity contribution in [3.05, 3.63) is 53.3 Å². The highest BCUT2D eigenvalue weighted by molar-refractivity contribution is 5.73. The highest BCUT2D eigenvalue weighted by Crippen LogP contribution is 2.36. The Bertz CT molecular complexity index is 585. The standard InChI is InChI=1S/C18H21FO/c1-5-13-10-15(12(2)3)11-17(18(13)20-4)14-6-8-16(19)9-7-14/h6-12H,5H2,1-4H3. The van der Waals surface area contributed by atoms with Crippen LogP contribution in [0.5, 0.6) is 5.75 Å². The van der Waals surface area contributed by atoms with Crippen LogP contribution in [0.4, 0.5) is 4.39 Å². The van der Waals surface area contributed by atoms with E-state index in [1.54, 1.807) is 19.2 Å². The van der Waals surface area contributed by atoms with E-state index < -0.39 is 0 Å². The van der Waals surface area contributed by atoms with Crippen LogP contribution in [0, 0.1) is 5.82 Å². The zero-order chi connectivity index (χ0) is 14.7. The summed E-state index contributed by atoms with van der Waals surface area (Å²) in [5.41, 5.74) is 4.50. The predicted octanol–water partition coefficient (Wildman–Crippen LogP) is 5.19. The SMILES string of the molecule is CCc1cc(C(C)C)cc(-c2ccc(F)cc2)c1OC. The first-order valence-electron chi connectivity index (χ1n) is 7.03. The van der Waals surface area contributed by atoms with Crippen molar-refractivity contribution in [2.24, 2.45) is 0 Å². The molecule has 0 heterocycles. The minimum atomic E-state index is -0.219. The zero-order valence-electron chi connectivity index (χ0n) is 12.5. The molecule has 0 atom stereocenters. The zero-order valence-corrected chi connectivity index (χ0v) is 12.5. The Balaban J connectivity index is 2.65. The molecule has 0 bridgehead atoms. The highest BCUT2D eigenvalue weighted by Gasteiger charge is 2.14. The normalized spacial score (nSPS) is 10.9. The van der Waals surface area contributed by atoms with Gasteiger partial charge < -0.3 is 4.74 Å². The molecule has 0 N–H and O–H groups in total. The summed E-state index contributed by atoms with van der Waals surface area (Å²) in [4.78, 5) is 0. The van der Waals surface area contributed by atoms with Crippen molar-refractivity contribution in [2.45, 2.75) is 33.1 Å². The Morgan fingerprint density at radius 1 is 1.10 bits per heavy atom. The molecule has 2 aromatic rings. The van der Waals surface area contributed by atoms with Crippen molar-refractivity contribution in [3.8, 4) is 16.9 Å². The first kappa shape index (κ1) is 14.6. The molecule has 0 amide bonds. The lowest BCUT2D eigenvalue weighted by molar-refractivity contribution is 0.411. The summed E-state index contributed by atoms with van der Waals surface area (Å²) < 4.78 is 18.7. The minimum absolute atomic E-state index is 0.219. The van der Waals surface area contributed by atoms with Crippen molar-refractivity contribution < 1.29 is 9.13 Å². The van der Waals surface area contributed by atoms with E-state index in [4.69, 9.17) is 4.74 Å². The van der Waals surface area contributed by atoms with Gasteiger partial charge in [-0.3, -0.25) is 0 Å². The molecule has 106 valence electrons. The van der Waals surface area contributed by atoms with Gasteiger partial charge in [-0.05, 0) is 47.2 Å². The highest BCUT2D eigenvalue weighted by atomic mass is 19.1. The summed E-state index contributed by atoms with van der Waals surface area (Å²) in [6, 6.07) is 10.9. The molecule has 0 unspecified atom stereocenters. The molecule has 0 saturated heterocycles. The van der Waals surface area contributed by atoms with Crippen LogP contribution in [-0.4, -0.2) is 7.11 Å². The van der Waals surface area contributed by atoms with Gasteiger partial charge in [-0.25, -0.2) is 4.39 Å². The summed E-state index contributed by atoms with van der Waals surface area (Å²) in [7, 11) is 1.69. The third-order valence-corrected chi connectivity index (χ3v) is 3.60. The maximum absolute atomic E-state index is 13.1. The van der Waals surface area contributed by atoms with Crippen molar-refractivity contribution >= 4 is 0 Å². The van der Waals surface area contributed by atoms with Crippen molar-refractivity contribution in [1.82, 2.24) is 0 Å². The van der Waals surface area contributed by atoms with Crippen LogP contribution in [-0.2, 0) is 6.42 Å². The summed E-state index contributed by atoms with van der Waals surface area (Å²) in [5.74, 6) is 1.12. The van der Waals surface area contributed by atoms with Crippen LogP contribution < -0.4 is 4.74 Å². The summed E-state index contributed by atoms with van der Waals surface area (Å²) in [6.45, 7) is 6.47. The van der Waals surface area contributed by atoms with Crippen LogP contribution >= 0.6 is 0 Å². The second kappa shape index (κ2) is 6.08. The van der Waals surface area contributed by atoms with Gasteiger partial charge in [0.1, 0.15) is 11.6 Å². The van der Waals surface area contributed by atoms with E-state index in [1.807, 2.05) is 0 Å². The molecule has 2 heteroatoms. The average Bonchev–Trinajstić information content (AvgIpc) is 2.46. The molecule has 0 aliphatic carbocycles. The summed E-state index contributed by atoms with van der Waals surface area (Å²) >= 11 is 0. The minimum Gasteiger partial charge on any atom is -0.496 e. The Labute approximate surface area is 120 Å². The lowest BCUT2D eigenvalue weighted by Crippen LogP contribution is -1.98. The van der Waals surface area contributed by atoms with Gasteiger partial charge in [-0.1, -0.05) is 39.0 Å². The lowest BCUT2D eigenvalue weighted by Gasteiger charge is -2.17. The van der Waals surface area contributed by atoms with Gasteiger partial charge >= 0.3 is 0 Å². The topological polar surface area (TPSA) is 9.23 Å². The number of hydrogen-bond donors (Lipinski definition) is 0. The Morgan fingerprint density at radius 3 is 2.25 bits per heavy atom. The van der Waals surface area contributed by atoms with E-state index in [2.05, 4.69) is 32.9 Å². The summed E-state index contributed by atoms with van der Waals surface area (Å²) in [6.07, 6.45) is 0.915. The fraction of sp³-hybridized carbons (Fsp3) is 0.333. The van der Waals surface area contributed by atoms with Crippen molar-refractivity contribution in [1.29, 1.82) is 0 Å². The largest absolute Gasteiger partial charge is 0.496 e. The van der Waals surface area contributed by atoms with Crippen molar-refractivity contribution in [2.75, 3.05) is 7.11 Å². The maximum Gasteiger partial charge on any atom is 0.129 e. The lowest BCUT2D eigenvalue weighted by atomic mass is 9.92. The maximum atomic E-state index is 13.1.